The molecule has 25 heavy (non-hydrogen) atoms. The number of hydrogen-bond acceptors (Lipinski definition) is 3. The Morgan fingerprint density at radius 1 is 0.920 bits per heavy atom. The third kappa shape index (κ3) is 2.71. The van der Waals surface area contributed by atoms with Crippen LogP contribution in [0.1, 0.15) is 5.69 Å². The number of fused-ring (bicyclic) bond motifs is 1. The molecule has 0 amide bonds. The third-order valence-corrected chi connectivity index (χ3v) is 4.38. The zero-order chi connectivity index (χ0) is 17.6. The topological polar surface area (TPSA) is 52.7 Å². The van der Waals surface area contributed by atoms with Gasteiger partial charge in [0.25, 0.3) is 5.56 Å². The summed E-state index contributed by atoms with van der Waals surface area (Å²) >= 11 is 12.1. The highest BCUT2D eigenvalue weighted by atomic mass is 35.5. The van der Waals surface area contributed by atoms with Crippen molar-refractivity contribution in [1.82, 2.24) is 19.6 Å². The number of aryl methyl sites for hydroxylation is 1. The minimum atomic E-state index is -0.277. The van der Waals surface area contributed by atoms with Crippen molar-refractivity contribution in [2.75, 3.05) is 0 Å². The lowest BCUT2D eigenvalue weighted by molar-refractivity contribution is 0.791. The fourth-order valence-corrected chi connectivity index (χ4v) is 3.12. The van der Waals surface area contributed by atoms with Crippen LogP contribution in [0.4, 0.5) is 0 Å². The average molecular weight is 371 g/mol. The maximum Gasteiger partial charge on any atom is 0.298 e. The van der Waals surface area contributed by atoms with Crippen LogP contribution in [0.3, 0.4) is 0 Å². The van der Waals surface area contributed by atoms with E-state index in [0.29, 0.717) is 38.0 Å². The highest BCUT2D eigenvalue weighted by Crippen LogP contribution is 2.21. The van der Waals surface area contributed by atoms with E-state index in [-0.39, 0.29) is 5.56 Å². The summed E-state index contributed by atoms with van der Waals surface area (Å²) in [6, 6.07) is 14.2. The van der Waals surface area contributed by atoms with Crippen LogP contribution in [0.15, 0.2) is 59.5 Å². The lowest BCUT2D eigenvalue weighted by Gasteiger charge is -2.09. The Bertz CT molecular complexity index is 1160. The van der Waals surface area contributed by atoms with Gasteiger partial charge in [-0.05, 0) is 43.3 Å². The Labute approximate surface area is 153 Å². The number of nitrogens with zero attached hydrogens (tertiary/aromatic N) is 4. The highest BCUT2D eigenvalue weighted by Gasteiger charge is 2.16. The minimum absolute atomic E-state index is 0.277. The van der Waals surface area contributed by atoms with Crippen molar-refractivity contribution >= 4 is 34.1 Å². The number of halogens is 2. The molecule has 0 bridgehead atoms. The quantitative estimate of drug-likeness (QED) is 0.531. The van der Waals surface area contributed by atoms with E-state index in [2.05, 4.69) is 10.2 Å². The van der Waals surface area contributed by atoms with Crippen molar-refractivity contribution in [3.63, 3.8) is 0 Å². The van der Waals surface area contributed by atoms with Crippen molar-refractivity contribution in [3.05, 3.63) is 80.8 Å². The van der Waals surface area contributed by atoms with Crippen LogP contribution in [-0.2, 0) is 0 Å². The van der Waals surface area contributed by atoms with Crippen molar-refractivity contribution in [2.24, 2.45) is 0 Å². The summed E-state index contributed by atoms with van der Waals surface area (Å²) < 4.78 is 2.92. The summed E-state index contributed by atoms with van der Waals surface area (Å²) in [5, 5.41) is 10.6. The van der Waals surface area contributed by atoms with Gasteiger partial charge >= 0.3 is 0 Å². The second kappa shape index (κ2) is 6.02. The molecule has 0 saturated carbocycles. The van der Waals surface area contributed by atoms with Gasteiger partial charge in [-0.15, -0.1) is 0 Å². The zero-order valence-corrected chi connectivity index (χ0v) is 14.7. The monoisotopic (exact) mass is 370 g/mol. The van der Waals surface area contributed by atoms with Gasteiger partial charge in [-0.1, -0.05) is 35.3 Å². The van der Waals surface area contributed by atoms with Crippen molar-refractivity contribution in [3.8, 4) is 11.4 Å². The molecular weight excluding hydrogens is 359 g/mol. The molecule has 0 radical (unpaired) electrons. The van der Waals surface area contributed by atoms with Gasteiger partial charge < -0.3 is 0 Å². The Morgan fingerprint density at radius 3 is 2.12 bits per heavy atom. The van der Waals surface area contributed by atoms with Gasteiger partial charge in [-0.3, -0.25) is 4.79 Å². The molecule has 0 fully saturated rings. The van der Waals surface area contributed by atoms with Gasteiger partial charge in [-0.25, -0.2) is 4.68 Å². The zero-order valence-electron chi connectivity index (χ0n) is 13.1. The van der Waals surface area contributed by atoms with Gasteiger partial charge in [0, 0.05) is 15.4 Å². The van der Waals surface area contributed by atoms with Gasteiger partial charge in [0.2, 0.25) is 0 Å². The van der Waals surface area contributed by atoms with E-state index in [9.17, 15) is 4.79 Å². The SMILES string of the molecule is Cc1nn(-c2cccc(Cl)c2)c(=O)c2c1cnn2-c1cccc(Cl)c1. The van der Waals surface area contributed by atoms with Crippen LogP contribution in [-0.4, -0.2) is 19.6 Å². The van der Waals surface area contributed by atoms with E-state index in [0.717, 1.165) is 0 Å². The molecule has 0 spiro atoms. The van der Waals surface area contributed by atoms with Crippen LogP contribution in [0.5, 0.6) is 0 Å². The van der Waals surface area contributed by atoms with Crippen LogP contribution >= 0.6 is 23.2 Å². The molecule has 5 nitrogen and oxygen atoms in total. The third-order valence-electron chi connectivity index (χ3n) is 3.91. The van der Waals surface area contributed by atoms with Crippen LogP contribution < -0.4 is 5.56 Å². The summed E-state index contributed by atoms with van der Waals surface area (Å²) in [4.78, 5) is 13.1. The lowest BCUT2D eigenvalue weighted by Crippen LogP contribution is -2.24. The van der Waals surface area contributed by atoms with Crippen molar-refractivity contribution < 1.29 is 0 Å². The predicted octanol–water partition coefficient (Wildman–Crippen LogP) is 4.19. The molecule has 0 aliphatic rings. The van der Waals surface area contributed by atoms with Gasteiger partial charge in [0.1, 0.15) is 5.52 Å². The van der Waals surface area contributed by atoms with E-state index in [1.165, 1.54) is 4.68 Å². The highest BCUT2D eigenvalue weighted by molar-refractivity contribution is 6.31. The Balaban J connectivity index is 2.04. The summed E-state index contributed by atoms with van der Waals surface area (Å²) in [5.41, 5.74) is 2.17. The number of hydrogen-bond donors (Lipinski definition) is 0. The maximum absolute atomic E-state index is 13.1. The van der Waals surface area contributed by atoms with Gasteiger partial charge in [-0.2, -0.15) is 14.9 Å². The molecule has 124 valence electrons. The smallest absolute Gasteiger partial charge is 0.265 e. The first kappa shape index (κ1) is 15.9. The first-order valence-corrected chi connectivity index (χ1v) is 8.30. The number of aromatic nitrogens is 4. The number of rotatable bonds is 2. The molecule has 0 unspecified atom stereocenters. The fourth-order valence-electron chi connectivity index (χ4n) is 2.76. The fraction of sp³-hybridized carbons (Fsp3) is 0.0556. The summed E-state index contributed by atoms with van der Waals surface area (Å²) in [5.74, 6) is 0. The van der Waals surface area contributed by atoms with Crippen molar-refractivity contribution in [2.45, 2.75) is 6.92 Å². The summed E-state index contributed by atoms with van der Waals surface area (Å²) in [7, 11) is 0. The first-order valence-electron chi connectivity index (χ1n) is 7.54. The molecule has 4 aromatic rings. The van der Waals surface area contributed by atoms with E-state index in [1.54, 1.807) is 47.3 Å². The molecule has 0 N–H and O–H groups in total. The molecular formula is C18H12Cl2N4O. The van der Waals surface area contributed by atoms with E-state index in [1.807, 2.05) is 19.1 Å². The number of benzene rings is 2. The van der Waals surface area contributed by atoms with Gasteiger partial charge in [0.15, 0.2) is 0 Å². The molecule has 2 heterocycles. The molecule has 0 aliphatic heterocycles. The lowest BCUT2D eigenvalue weighted by atomic mass is 10.2. The Morgan fingerprint density at radius 2 is 1.52 bits per heavy atom. The second-order valence-electron chi connectivity index (χ2n) is 5.58. The van der Waals surface area contributed by atoms with Gasteiger partial charge in [0.05, 0.1) is 23.3 Å². The predicted molar refractivity (Wildman–Crippen MR) is 99.2 cm³/mol. The minimum Gasteiger partial charge on any atom is -0.265 e. The van der Waals surface area contributed by atoms with E-state index >= 15 is 0 Å². The van der Waals surface area contributed by atoms with E-state index < -0.39 is 0 Å². The van der Waals surface area contributed by atoms with Crippen LogP contribution in [0.2, 0.25) is 10.0 Å². The molecule has 4 rings (SSSR count). The molecule has 0 aliphatic carbocycles. The molecule has 7 heteroatoms. The van der Waals surface area contributed by atoms with Crippen molar-refractivity contribution in [1.29, 1.82) is 0 Å². The molecule has 0 saturated heterocycles. The average Bonchev–Trinajstić information content (AvgIpc) is 3.04. The normalized spacial score (nSPS) is 11.2. The maximum atomic E-state index is 13.1. The van der Waals surface area contributed by atoms with Crippen LogP contribution in [0.25, 0.3) is 22.3 Å². The Hall–Kier alpha value is -2.63. The summed E-state index contributed by atoms with van der Waals surface area (Å²) in [6.45, 7) is 1.84. The van der Waals surface area contributed by atoms with Crippen LogP contribution in [0, 0.1) is 6.92 Å². The standard InChI is InChI=1S/C18H12Cl2N4O/c1-11-16-10-21-23(14-6-2-4-12(19)8-14)17(16)18(25)24(22-11)15-7-3-5-13(20)9-15/h2-10H,1H3. The largest absolute Gasteiger partial charge is 0.298 e. The molecule has 0 atom stereocenters. The van der Waals surface area contributed by atoms with E-state index in [4.69, 9.17) is 23.2 Å². The first-order chi connectivity index (χ1) is 12.0. The summed E-state index contributed by atoms with van der Waals surface area (Å²) in [6.07, 6.45) is 1.64. The second-order valence-corrected chi connectivity index (χ2v) is 6.45. The Kier molecular flexibility index (Phi) is 3.82. The molecule has 2 aromatic heterocycles. The molecule has 2 aromatic carbocycles.